The van der Waals surface area contributed by atoms with Crippen LogP contribution in [0.4, 0.5) is 5.95 Å². The lowest BCUT2D eigenvalue weighted by molar-refractivity contribution is -0.116. The number of hydrogen-bond acceptors (Lipinski definition) is 5. The summed E-state index contributed by atoms with van der Waals surface area (Å²) in [5.41, 5.74) is 0. The van der Waals surface area contributed by atoms with Gasteiger partial charge in [-0.25, -0.2) is 5.10 Å². The van der Waals surface area contributed by atoms with E-state index >= 15 is 0 Å². The molecule has 0 aliphatic carbocycles. The van der Waals surface area contributed by atoms with Crippen molar-refractivity contribution in [1.29, 1.82) is 0 Å². The molecule has 0 atom stereocenters. The lowest BCUT2D eigenvalue weighted by Gasteiger charge is -2.15. The van der Waals surface area contributed by atoms with Crippen molar-refractivity contribution in [2.75, 3.05) is 31.2 Å². The molecule has 0 aliphatic heterocycles. The highest BCUT2D eigenvalue weighted by Gasteiger charge is 2.08. The molecule has 1 aromatic rings. The van der Waals surface area contributed by atoms with Crippen molar-refractivity contribution >= 4 is 23.6 Å². The first kappa shape index (κ1) is 16.0. The fraction of sp³-hybridized carbons (Fsp3) is 0.750. The zero-order valence-corrected chi connectivity index (χ0v) is 12.7. The second-order valence-corrected chi connectivity index (χ2v) is 5.59. The number of nitrogens with zero attached hydrogens (tertiary/aromatic N) is 3. The number of hydrogen-bond donors (Lipinski definition) is 2. The number of rotatable bonds is 9. The molecule has 0 fully saturated rings. The van der Waals surface area contributed by atoms with E-state index in [-0.39, 0.29) is 5.91 Å². The number of nitrogens with one attached hydrogen (secondary N) is 2. The van der Waals surface area contributed by atoms with Crippen LogP contribution in [0.5, 0.6) is 0 Å². The number of thioether (sulfide) groups is 1. The van der Waals surface area contributed by atoms with Crippen molar-refractivity contribution in [3.05, 3.63) is 0 Å². The van der Waals surface area contributed by atoms with Crippen molar-refractivity contribution in [3.63, 3.8) is 0 Å². The van der Waals surface area contributed by atoms with Gasteiger partial charge in [0.05, 0.1) is 0 Å². The first-order valence-corrected chi connectivity index (χ1v) is 7.67. The van der Waals surface area contributed by atoms with E-state index in [1.165, 1.54) is 18.2 Å². The molecule has 0 unspecified atom stereocenters. The van der Waals surface area contributed by atoms with Crippen LogP contribution in [0.1, 0.15) is 33.1 Å². The highest BCUT2D eigenvalue weighted by molar-refractivity contribution is 7.99. The van der Waals surface area contributed by atoms with E-state index < -0.39 is 0 Å². The van der Waals surface area contributed by atoms with Gasteiger partial charge >= 0.3 is 0 Å². The standard InChI is InChI=1S/C12H23N5OS/c1-4-6-8-17(3)9-7-10(18)13-11-14-12(16-15-11)19-5-2/h4-9H2,1-3H3,(H2,13,14,15,16,18). The maximum atomic E-state index is 11.7. The molecule has 0 spiro atoms. The van der Waals surface area contributed by atoms with Gasteiger partial charge in [-0.1, -0.05) is 32.0 Å². The smallest absolute Gasteiger partial charge is 0.228 e. The highest BCUT2D eigenvalue weighted by atomic mass is 32.2. The SMILES string of the molecule is CCCCN(C)CCC(=O)Nc1nc(SCC)n[nH]1. The van der Waals surface area contributed by atoms with E-state index in [0.29, 0.717) is 17.5 Å². The normalized spacial score (nSPS) is 10.9. The Hall–Kier alpha value is -1.08. The zero-order chi connectivity index (χ0) is 14.1. The Morgan fingerprint density at radius 3 is 2.89 bits per heavy atom. The number of amides is 1. The van der Waals surface area contributed by atoms with Crippen LogP contribution >= 0.6 is 11.8 Å². The molecular formula is C12H23N5OS. The van der Waals surface area contributed by atoms with Gasteiger partial charge < -0.3 is 4.90 Å². The summed E-state index contributed by atoms with van der Waals surface area (Å²) < 4.78 is 0. The lowest BCUT2D eigenvalue weighted by atomic mass is 10.3. The third-order valence-electron chi connectivity index (χ3n) is 2.61. The Morgan fingerprint density at radius 2 is 2.21 bits per heavy atom. The van der Waals surface area contributed by atoms with Crippen molar-refractivity contribution in [1.82, 2.24) is 20.1 Å². The molecule has 1 heterocycles. The minimum Gasteiger partial charge on any atom is -0.306 e. The number of aromatic nitrogens is 3. The van der Waals surface area contributed by atoms with Crippen LogP contribution in [0.3, 0.4) is 0 Å². The predicted molar refractivity (Wildman–Crippen MR) is 78.4 cm³/mol. The Balaban J connectivity index is 2.26. The molecule has 1 rings (SSSR count). The zero-order valence-electron chi connectivity index (χ0n) is 11.9. The lowest BCUT2D eigenvalue weighted by Crippen LogP contribution is -2.25. The Morgan fingerprint density at radius 1 is 1.42 bits per heavy atom. The molecule has 0 aromatic carbocycles. The minimum absolute atomic E-state index is 0.0347. The van der Waals surface area contributed by atoms with Gasteiger partial charge in [-0.05, 0) is 25.8 Å². The summed E-state index contributed by atoms with van der Waals surface area (Å²) in [6, 6.07) is 0. The average molecular weight is 285 g/mol. The van der Waals surface area contributed by atoms with Crippen molar-refractivity contribution in [2.24, 2.45) is 0 Å². The van der Waals surface area contributed by atoms with Crippen LogP contribution in [0, 0.1) is 0 Å². The molecule has 0 aliphatic rings. The van der Waals surface area contributed by atoms with E-state index in [1.54, 1.807) is 0 Å². The average Bonchev–Trinajstić information content (AvgIpc) is 2.81. The molecule has 7 heteroatoms. The topological polar surface area (TPSA) is 73.9 Å². The van der Waals surface area contributed by atoms with Gasteiger partial charge in [0.1, 0.15) is 0 Å². The van der Waals surface area contributed by atoms with Gasteiger partial charge in [-0.15, -0.1) is 5.10 Å². The molecule has 0 radical (unpaired) electrons. The molecule has 6 nitrogen and oxygen atoms in total. The molecule has 1 amide bonds. The largest absolute Gasteiger partial charge is 0.306 e. The van der Waals surface area contributed by atoms with Gasteiger partial charge in [0, 0.05) is 13.0 Å². The summed E-state index contributed by atoms with van der Waals surface area (Å²) in [5, 5.41) is 10.1. The van der Waals surface area contributed by atoms with Crippen LogP contribution in [0.2, 0.25) is 0 Å². The van der Waals surface area contributed by atoms with Crippen LogP contribution < -0.4 is 5.32 Å². The maximum Gasteiger partial charge on any atom is 0.228 e. The van der Waals surface area contributed by atoms with Crippen LogP contribution in [0.15, 0.2) is 5.16 Å². The molecule has 0 saturated heterocycles. The van der Waals surface area contributed by atoms with Gasteiger partial charge in [0.15, 0.2) is 0 Å². The quantitative estimate of drug-likeness (QED) is 0.679. The summed E-state index contributed by atoms with van der Waals surface area (Å²) in [6.45, 7) is 5.99. The van der Waals surface area contributed by atoms with E-state index in [2.05, 4.69) is 32.3 Å². The third kappa shape index (κ3) is 6.58. The molecular weight excluding hydrogens is 262 g/mol. The summed E-state index contributed by atoms with van der Waals surface area (Å²) in [6.07, 6.45) is 2.81. The number of anilines is 1. The number of aromatic amines is 1. The molecule has 2 N–H and O–H groups in total. The first-order valence-electron chi connectivity index (χ1n) is 6.69. The van der Waals surface area contributed by atoms with Crippen LogP contribution in [0.25, 0.3) is 0 Å². The monoisotopic (exact) mass is 285 g/mol. The number of carbonyl (C=O) groups excluding carboxylic acids is 1. The number of carbonyl (C=O) groups is 1. The molecule has 0 saturated carbocycles. The van der Waals surface area contributed by atoms with E-state index in [0.717, 1.165) is 25.3 Å². The second kappa shape index (κ2) is 8.92. The van der Waals surface area contributed by atoms with Gasteiger partial charge in [0.25, 0.3) is 0 Å². The van der Waals surface area contributed by atoms with Crippen LogP contribution in [-0.4, -0.2) is 51.9 Å². The maximum absolute atomic E-state index is 11.7. The number of unbranched alkanes of at least 4 members (excludes halogenated alkanes) is 1. The van der Waals surface area contributed by atoms with Crippen LogP contribution in [-0.2, 0) is 4.79 Å². The molecule has 108 valence electrons. The van der Waals surface area contributed by atoms with Gasteiger partial charge in [-0.3, -0.25) is 10.1 Å². The highest BCUT2D eigenvalue weighted by Crippen LogP contribution is 2.12. The van der Waals surface area contributed by atoms with Gasteiger partial charge in [-0.2, -0.15) is 4.98 Å². The third-order valence-corrected chi connectivity index (χ3v) is 3.34. The first-order chi connectivity index (χ1) is 9.15. The van der Waals surface area contributed by atoms with E-state index in [1.807, 2.05) is 14.0 Å². The van der Waals surface area contributed by atoms with E-state index in [9.17, 15) is 4.79 Å². The summed E-state index contributed by atoms with van der Waals surface area (Å²) in [4.78, 5) is 18.1. The molecule has 1 aromatic heterocycles. The van der Waals surface area contributed by atoms with E-state index in [4.69, 9.17) is 0 Å². The minimum atomic E-state index is -0.0347. The Labute approximate surface area is 118 Å². The predicted octanol–water partition coefficient (Wildman–Crippen LogP) is 1.98. The molecule has 0 bridgehead atoms. The molecule has 19 heavy (non-hydrogen) atoms. The summed E-state index contributed by atoms with van der Waals surface area (Å²) in [5.74, 6) is 1.30. The second-order valence-electron chi connectivity index (χ2n) is 4.35. The van der Waals surface area contributed by atoms with Crippen molar-refractivity contribution in [2.45, 2.75) is 38.3 Å². The fourth-order valence-corrected chi connectivity index (χ4v) is 2.05. The summed E-state index contributed by atoms with van der Waals surface area (Å²) >= 11 is 1.54. The Bertz CT molecular complexity index is 382. The number of H-pyrrole nitrogens is 1. The Kier molecular flexibility index (Phi) is 7.50. The fourth-order valence-electron chi connectivity index (χ4n) is 1.52. The van der Waals surface area contributed by atoms with Crippen molar-refractivity contribution < 1.29 is 4.79 Å². The van der Waals surface area contributed by atoms with Crippen molar-refractivity contribution in [3.8, 4) is 0 Å². The summed E-state index contributed by atoms with van der Waals surface area (Å²) in [7, 11) is 2.04. The van der Waals surface area contributed by atoms with Gasteiger partial charge in [0.2, 0.25) is 17.0 Å².